The summed E-state index contributed by atoms with van der Waals surface area (Å²) in [4.78, 5) is 25.4. The number of azo groups is 1. The van der Waals surface area contributed by atoms with Crippen molar-refractivity contribution in [3.8, 4) is 34.8 Å². The Balaban J connectivity index is 1.03. The molecule has 0 aliphatic carbocycles. The van der Waals surface area contributed by atoms with Gasteiger partial charge in [0.05, 0.1) is 49.6 Å². The lowest BCUT2D eigenvalue weighted by atomic mass is 10.0. The van der Waals surface area contributed by atoms with Gasteiger partial charge in [-0.2, -0.15) is 10.4 Å². The van der Waals surface area contributed by atoms with Gasteiger partial charge in [-0.25, -0.2) is 4.68 Å². The minimum Gasteiger partial charge on any atom is -0.506 e. The molecular weight excluding hydrogens is 927 g/mol. The van der Waals surface area contributed by atoms with Gasteiger partial charge in [-0.05, 0) is 67.4 Å². The summed E-state index contributed by atoms with van der Waals surface area (Å²) < 4.78 is 13.4. The van der Waals surface area contributed by atoms with Crippen molar-refractivity contribution in [2.75, 3.05) is 30.4 Å². The van der Waals surface area contributed by atoms with E-state index in [1.54, 1.807) is 36.4 Å². The molecule has 14 nitrogen and oxygen atoms in total. The van der Waals surface area contributed by atoms with Gasteiger partial charge in [0.15, 0.2) is 11.6 Å². The maximum atomic E-state index is 13.2. The van der Waals surface area contributed by atoms with E-state index in [1.807, 2.05) is 43.3 Å². The summed E-state index contributed by atoms with van der Waals surface area (Å²) in [5, 5.41) is 54.6. The zero-order valence-corrected chi connectivity index (χ0v) is 40.4. The molecule has 0 radical (unpaired) electrons. The molecule has 0 spiro atoms. The van der Waals surface area contributed by atoms with E-state index >= 15 is 0 Å². The third-order valence-corrected chi connectivity index (χ3v) is 11.9. The van der Waals surface area contributed by atoms with Crippen LogP contribution in [0.4, 0.5) is 28.6 Å². The number of aromatic hydroxyl groups is 2. The van der Waals surface area contributed by atoms with Crippen LogP contribution in [-0.4, -0.2) is 51.6 Å². The Morgan fingerprint density at radius 2 is 1.44 bits per heavy atom. The fourth-order valence-corrected chi connectivity index (χ4v) is 8.06. The summed E-state index contributed by atoms with van der Waals surface area (Å²) in [7, 11) is 0. The van der Waals surface area contributed by atoms with E-state index in [1.165, 1.54) is 68.0 Å². The predicted molar refractivity (Wildman–Crippen MR) is 270 cm³/mol. The van der Waals surface area contributed by atoms with Gasteiger partial charge in [0.2, 0.25) is 5.91 Å². The van der Waals surface area contributed by atoms with Gasteiger partial charge in [0.1, 0.15) is 42.1 Å². The number of phenols is 2. The summed E-state index contributed by atoms with van der Waals surface area (Å²) in [6.07, 6.45) is 14.2. The molecule has 0 unspecified atom stereocenters. The van der Waals surface area contributed by atoms with Crippen molar-refractivity contribution in [1.82, 2.24) is 15.1 Å². The number of phenolic OH excluding ortho intramolecular Hbond substituents is 2. The number of unbranched alkanes of at least 4 members (excludes halogenated alkanes) is 9. The van der Waals surface area contributed by atoms with Crippen molar-refractivity contribution < 1.29 is 29.3 Å². The molecule has 68 heavy (non-hydrogen) atoms. The molecule has 0 bridgehead atoms. The minimum absolute atomic E-state index is 0.0477. The van der Waals surface area contributed by atoms with Crippen LogP contribution in [-0.2, 0) is 4.79 Å². The Labute approximate surface area is 411 Å². The fourth-order valence-electron chi connectivity index (χ4n) is 7.40. The highest BCUT2D eigenvalue weighted by Gasteiger charge is 2.20. The zero-order chi connectivity index (χ0) is 48.4. The number of nitriles is 1. The molecule has 6 aromatic rings. The molecule has 356 valence electrons. The lowest BCUT2D eigenvalue weighted by molar-refractivity contribution is -0.116. The first-order valence-electron chi connectivity index (χ1n) is 22.9. The molecule has 0 atom stereocenters. The number of carbonyl (C=O) groups excluding carboxylic acids is 2. The lowest BCUT2D eigenvalue weighted by Crippen LogP contribution is -2.24. The Hall–Kier alpha value is -6.53. The van der Waals surface area contributed by atoms with Gasteiger partial charge in [-0.15, -0.1) is 10.2 Å². The normalized spacial score (nSPS) is 11.2. The summed E-state index contributed by atoms with van der Waals surface area (Å²) >= 11 is 19.7. The van der Waals surface area contributed by atoms with E-state index < -0.39 is 0 Å². The van der Waals surface area contributed by atoms with Crippen LogP contribution in [0.2, 0.25) is 15.1 Å². The van der Waals surface area contributed by atoms with Crippen LogP contribution in [0.25, 0.3) is 16.5 Å². The molecule has 5 N–H and O–H groups in total. The van der Waals surface area contributed by atoms with Crippen molar-refractivity contribution in [3.05, 3.63) is 111 Å². The molecule has 0 aliphatic heterocycles. The molecule has 0 saturated carbocycles. The highest BCUT2D eigenvalue weighted by atomic mass is 35.5. The quantitative estimate of drug-likeness (QED) is 0.0211. The molecule has 0 saturated heterocycles. The average Bonchev–Trinajstić information content (AvgIpc) is 3.75. The van der Waals surface area contributed by atoms with Crippen LogP contribution in [0.1, 0.15) is 107 Å². The highest BCUT2D eigenvalue weighted by molar-refractivity contribution is 6.36. The second kappa shape index (κ2) is 25.6. The predicted octanol–water partition coefficient (Wildman–Crippen LogP) is 14.3. The molecule has 1 heterocycles. The Morgan fingerprint density at radius 1 is 0.750 bits per heavy atom. The monoisotopic (exact) mass is 980 g/mol. The summed E-state index contributed by atoms with van der Waals surface area (Å²) in [6.45, 7) is 5.00. The van der Waals surface area contributed by atoms with Crippen LogP contribution in [0.15, 0.2) is 95.3 Å². The number of carbonyl (C=O) groups is 2. The molecule has 0 fully saturated rings. The van der Waals surface area contributed by atoms with Crippen LogP contribution >= 0.6 is 34.8 Å². The Morgan fingerprint density at radius 3 is 2.15 bits per heavy atom. The number of hydrogen-bond donors (Lipinski definition) is 5. The molecule has 0 aliphatic rings. The smallest absolute Gasteiger partial charge is 0.255 e. The number of hydrogen-bond acceptors (Lipinski definition) is 11. The topological polar surface area (TPSA) is 195 Å². The standard InChI is InChI=1S/C51H55Cl3N8O6/c1-3-5-6-7-8-9-10-11-12-15-23-56-51(66)39-28-46(37-17-13-14-18-38(37)48(39)64)68-25-24-67-36-21-19-34(20-22-36)58-43-29-41(53)45(30-40(43)52)62-50(33(31-55)32-57-62)61-60-35-26-42(54)49(65)44(27-35)59-47(63)16-4-2/h13-14,17-22,26-30,32,58,64-65H,3-12,15-16,23-25H2,1-2H3,(H,56,66)(H,59,63). The largest absolute Gasteiger partial charge is 0.506 e. The minimum atomic E-state index is -0.345. The second-order valence-corrected chi connectivity index (χ2v) is 17.3. The summed E-state index contributed by atoms with van der Waals surface area (Å²) in [5.74, 6) is 0.0559. The maximum absolute atomic E-state index is 13.2. The Kier molecular flexibility index (Phi) is 19.1. The second-order valence-electron chi connectivity index (χ2n) is 16.1. The third-order valence-electron chi connectivity index (χ3n) is 11.0. The lowest BCUT2D eigenvalue weighted by Gasteiger charge is -2.15. The van der Waals surface area contributed by atoms with E-state index in [0.29, 0.717) is 52.3 Å². The molecular formula is C51H55Cl3N8O6. The zero-order valence-electron chi connectivity index (χ0n) is 38.1. The van der Waals surface area contributed by atoms with E-state index in [4.69, 9.17) is 44.3 Å². The highest BCUT2D eigenvalue weighted by Crippen LogP contribution is 2.40. The number of amides is 2. The van der Waals surface area contributed by atoms with Gasteiger partial charge in [-0.1, -0.05) is 131 Å². The van der Waals surface area contributed by atoms with E-state index in [0.717, 1.165) is 19.3 Å². The van der Waals surface area contributed by atoms with Crippen molar-refractivity contribution in [2.45, 2.75) is 90.9 Å². The number of ether oxygens (including phenoxy) is 2. The van der Waals surface area contributed by atoms with Crippen LogP contribution in [0.5, 0.6) is 23.0 Å². The SMILES string of the molecule is CCCCCCCCCCCCNC(=O)c1cc(OCCOc2ccc(Nc3cc(Cl)c(-n4ncc(C#N)c4N=Nc4cc(Cl)c(O)c(NC(=O)CCC)c4)cc3Cl)cc2)c2ccccc2c1O. The maximum Gasteiger partial charge on any atom is 0.255 e. The van der Waals surface area contributed by atoms with E-state index in [-0.39, 0.29) is 86.3 Å². The third kappa shape index (κ3) is 13.8. The Bertz CT molecular complexity index is 2760. The number of anilines is 3. The summed E-state index contributed by atoms with van der Waals surface area (Å²) in [5.41, 5.74) is 2.01. The van der Waals surface area contributed by atoms with Gasteiger partial charge in [0.25, 0.3) is 5.91 Å². The number of rotatable bonds is 25. The fraction of sp³-hybridized carbons (Fsp3) is 0.333. The van der Waals surface area contributed by atoms with Gasteiger partial charge >= 0.3 is 0 Å². The molecule has 5 aromatic carbocycles. The van der Waals surface area contributed by atoms with Crippen molar-refractivity contribution in [2.24, 2.45) is 10.2 Å². The van der Waals surface area contributed by atoms with Crippen molar-refractivity contribution in [1.29, 1.82) is 5.26 Å². The number of nitrogens with one attached hydrogen (secondary N) is 3. The molecule has 6 rings (SSSR count). The first kappa shape index (κ1) is 50.9. The van der Waals surface area contributed by atoms with Crippen molar-refractivity contribution in [3.63, 3.8) is 0 Å². The first-order valence-corrected chi connectivity index (χ1v) is 24.0. The van der Waals surface area contributed by atoms with Crippen LogP contribution in [0.3, 0.4) is 0 Å². The van der Waals surface area contributed by atoms with E-state index in [9.17, 15) is 25.1 Å². The van der Waals surface area contributed by atoms with Gasteiger partial charge in [0, 0.05) is 29.4 Å². The average molecular weight is 982 g/mol. The van der Waals surface area contributed by atoms with Crippen molar-refractivity contribution >= 4 is 86.0 Å². The number of nitrogens with zero attached hydrogens (tertiary/aromatic N) is 5. The number of halogens is 3. The molecule has 17 heteroatoms. The molecule has 2 amide bonds. The van der Waals surface area contributed by atoms with Gasteiger partial charge in [-0.3, -0.25) is 9.59 Å². The number of fused-ring (bicyclic) bond motifs is 1. The first-order chi connectivity index (χ1) is 33.0. The number of benzene rings is 5. The van der Waals surface area contributed by atoms with Crippen LogP contribution in [0, 0.1) is 11.3 Å². The van der Waals surface area contributed by atoms with Gasteiger partial charge < -0.3 is 35.6 Å². The number of aromatic nitrogens is 2. The van der Waals surface area contributed by atoms with E-state index in [2.05, 4.69) is 38.2 Å². The molecule has 1 aromatic heterocycles. The summed E-state index contributed by atoms with van der Waals surface area (Å²) in [6, 6.07) is 24.0. The van der Waals surface area contributed by atoms with Crippen LogP contribution < -0.4 is 25.4 Å².